The van der Waals surface area contributed by atoms with Crippen molar-refractivity contribution in [2.75, 3.05) is 18.4 Å². The first-order chi connectivity index (χ1) is 13.0. The molecule has 3 aliphatic rings. The van der Waals surface area contributed by atoms with E-state index in [9.17, 15) is 19.5 Å². The first kappa shape index (κ1) is 17.8. The number of carboxylic acid groups (broad SMARTS) is 1. The Bertz CT molecular complexity index is 780. The van der Waals surface area contributed by atoms with E-state index in [0.717, 1.165) is 32.4 Å². The van der Waals surface area contributed by atoms with Gasteiger partial charge in [-0.25, -0.2) is 0 Å². The third-order valence-corrected chi connectivity index (χ3v) is 6.09. The van der Waals surface area contributed by atoms with E-state index in [0.29, 0.717) is 11.3 Å². The van der Waals surface area contributed by atoms with Gasteiger partial charge in [0.2, 0.25) is 5.91 Å². The van der Waals surface area contributed by atoms with Gasteiger partial charge in [-0.3, -0.25) is 14.4 Å². The Kier molecular flexibility index (Phi) is 4.72. The second kappa shape index (κ2) is 7.18. The fourth-order valence-electron chi connectivity index (χ4n) is 4.72. The van der Waals surface area contributed by atoms with Crippen LogP contribution in [0, 0.1) is 23.7 Å². The fraction of sp³-hybridized carbons (Fsp3) is 0.476. The summed E-state index contributed by atoms with van der Waals surface area (Å²) < 4.78 is 0. The van der Waals surface area contributed by atoms with E-state index in [1.165, 1.54) is 6.42 Å². The van der Waals surface area contributed by atoms with E-state index in [-0.39, 0.29) is 23.7 Å². The van der Waals surface area contributed by atoms with Crippen molar-refractivity contribution in [1.29, 1.82) is 0 Å². The highest BCUT2D eigenvalue weighted by Gasteiger charge is 2.51. The molecule has 1 aromatic rings. The first-order valence-electron chi connectivity index (χ1n) is 9.66. The van der Waals surface area contributed by atoms with E-state index >= 15 is 0 Å². The molecular weight excluding hydrogens is 344 g/mol. The van der Waals surface area contributed by atoms with Gasteiger partial charge >= 0.3 is 5.97 Å². The molecule has 0 spiro atoms. The number of amides is 2. The van der Waals surface area contributed by atoms with Crippen molar-refractivity contribution in [3.05, 3.63) is 42.0 Å². The van der Waals surface area contributed by atoms with E-state index in [1.54, 1.807) is 24.3 Å². The highest BCUT2D eigenvalue weighted by molar-refractivity contribution is 5.98. The van der Waals surface area contributed by atoms with Crippen LogP contribution in [0.3, 0.4) is 0 Å². The summed E-state index contributed by atoms with van der Waals surface area (Å²) in [5.74, 6) is -2.38. The van der Waals surface area contributed by atoms with Crippen molar-refractivity contribution in [2.24, 2.45) is 23.7 Å². The van der Waals surface area contributed by atoms with Crippen molar-refractivity contribution in [2.45, 2.75) is 25.7 Å². The average molecular weight is 368 g/mol. The number of hydrogen-bond donors (Lipinski definition) is 2. The van der Waals surface area contributed by atoms with Gasteiger partial charge in [0.1, 0.15) is 0 Å². The van der Waals surface area contributed by atoms with Gasteiger partial charge in [-0.15, -0.1) is 0 Å². The Labute approximate surface area is 158 Å². The molecule has 2 aliphatic carbocycles. The van der Waals surface area contributed by atoms with Crippen molar-refractivity contribution >= 4 is 23.5 Å². The molecule has 2 N–H and O–H groups in total. The summed E-state index contributed by atoms with van der Waals surface area (Å²) >= 11 is 0. The quantitative estimate of drug-likeness (QED) is 0.800. The lowest BCUT2D eigenvalue weighted by Gasteiger charge is -2.27. The minimum atomic E-state index is -0.908. The minimum Gasteiger partial charge on any atom is -0.481 e. The number of piperidine rings is 1. The molecule has 0 radical (unpaired) electrons. The number of aliphatic carboxylic acids is 1. The van der Waals surface area contributed by atoms with Gasteiger partial charge in [0.25, 0.3) is 5.91 Å². The van der Waals surface area contributed by atoms with E-state index < -0.39 is 17.8 Å². The van der Waals surface area contributed by atoms with Crippen LogP contribution in [0.5, 0.6) is 0 Å². The van der Waals surface area contributed by atoms with Gasteiger partial charge in [-0.1, -0.05) is 12.2 Å². The number of carbonyl (C=O) groups is 3. The number of likely N-dealkylation sites (tertiary alicyclic amines) is 1. The predicted octanol–water partition coefficient (Wildman–Crippen LogP) is 2.77. The average Bonchev–Trinajstić information content (AvgIpc) is 3.30. The molecule has 142 valence electrons. The summed E-state index contributed by atoms with van der Waals surface area (Å²) in [6.45, 7) is 1.59. The van der Waals surface area contributed by atoms with Crippen molar-refractivity contribution < 1.29 is 19.5 Å². The first-order valence-corrected chi connectivity index (χ1v) is 9.66. The topological polar surface area (TPSA) is 86.7 Å². The SMILES string of the molecule is O=C(O)[C@H]1[C@H](C(=O)Nc2ccc(C(=O)N3CCCCC3)cc2)[C@H]2C=C[C@@H]1C2. The van der Waals surface area contributed by atoms with Crippen molar-refractivity contribution in [1.82, 2.24) is 4.90 Å². The predicted molar refractivity (Wildman–Crippen MR) is 100 cm³/mol. The number of rotatable bonds is 4. The van der Waals surface area contributed by atoms with E-state index in [2.05, 4.69) is 5.32 Å². The number of anilines is 1. The number of carboxylic acids is 1. The van der Waals surface area contributed by atoms with Crippen LogP contribution in [0.4, 0.5) is 5.69 Å². The summed E-state index contributed by atoms with van der Waals surface area (Å²) in [6.07, 6.45) is 7.89. The van der Waals surface area contributed by atoms with Crippen LogP contribution in [0.25, 0.3) is 0 Å². The number of hydrogen-bond acceptors (Lipinski definition) is 3. The van der Waals surface area contributed by atoms with Crippen LogP contribution in [-0.2, 0) is 9.59 Å². The molecule has 1 aliphatic heterocycles. The normalized spacial score (nSPS) is 29.0. The number of allylic oxidation sites excluding steroid dienone is 2. The minimum absolute atomic E-state index is 0.00366. The zero-order valence-corrected chi connectivity index (χ0v) is 15.1. The zero-order valence-electron chi connectivity index (χ0n) is 15.1. The molecule has 0 aromatic heterocycles. The Hall–Kier alpha value is -2.63. The molecule has 1 saturated carbocycles. The number of carbonyl (C=O) groups excluding carboxylic acids is 2. The summed E-state index contributed by atoms with van der Waals surface area (Å²) in [5, 5.41) is 12.3. The maximum Gasteiger partial charge on any atom is 0.307 e. The number of nitrogens with zero attached hydrogens (tertiary/aromatic N) is 1. The number of nitrogens with one attached hydrogen (secondary N) is 1. The van der Waals surface area contributed by atoms with Gasteiger partial charge in [0.05, 0.1) is 11.8 Å². The summed E-state index contributed by atoms with van der Waals surface area (Å²) in [5.41, 5.74) is 1.20. The molecule has 4 atom stereocenters. The van der Waals surface area contributed by atoms with Gasteiger partial charge < -0.3 is 15.3 Å². The van der Waals surface area contributed by atoms with Crippen LogP contribution in [-0.4, -0.2) is 40.9 Å². The monoisotopic (exact) mass is 368 g/mol. The number of fused-ring (bicyclic) bond motifs is 2. The third kappa shape index (κ3) is 3.36. The second-order valence-electron chi connectivity index (χ2n) is 7.76. The Morgan fingerprint density at radius 2 is 1.56 bits per heavy atom. The standard InChI is InChI=1S/C21H24N2O4/c24-19(17-14-4-5-15(12-14)18(17)21(26)27)22-16-8-6-13(7-9-16)20(25)23-10-2-1-3-11-23/h4-9,14-15,17-18H,1-3,10-12H2,(H,22,24)(H,26,27)/t14-,15+,17+,18+/m0/s1. The molecular formula is C21H24N2O4. The van der Waals surface area contributed by atoms with Gasteiger partial charge in [-0.05, 0) is 61.8 Å². The van der Waals surface area contributed by atoms with Gasteiger partial charge in [0, 0.05) is 24.3 Å². The molecule has 6 nitrogen and oxygen atoms in total. The van der Waals surface area contributed by atoms with Gasteiger partial charge in [-0.2, -0.15) is 0 Å². The second-order valence-corrected chi connectivity index (χ2v) is 7.76. The molecule has 2 amide bonds. The van der Waals surface area contributed by atoms with E-state index in [1.807, 2.05) is 17.1 Å². The lowest BCUT2D eigenvalue weighted by atomic mass is 9.82. The molecule has 6 heteroatoms. The molecule has 4 rings (SSSR count). The summed E-state index contributed by atoms with van der Waals surface area (Å²) in [7, 11) is 0. The Morgan fingerprint density at radius 1 is 0.926 bits per heavy atom. The molecule has 1 aromatic carbocycles. The van der Waals surface area contributed by atoms with Crippen molar-refractivity contribution in [3.8, 4) is 0 Å². The summed E-state index contributed by atoms with van der Waals surface area (Å²) in [4.78, 5) is 38.7. The highest BCUT2D eigenvalue weighted by atomic mass is 16.4. The maximum absolute atomic E-state index is 12.7. The molecule has 2 fully saturated rings. The Morgan fingerprint density at radius 3 is 2.19 bits per heavy atom. The lowest BCUT2D eigenvalue weighted by molar-refractivity contribution is -0.146. The molecule has 0 unspecified atom stereocenters. The Balaban J connectivity index is 1.42. The molecule has 27 heavy (non-hydrogen) atoms. The molecule has 1 heterocycles. The molecule has 2 bridgehead atoms. The number of benzene rings is 1. The van der Waals surface area contributed by atoms with Gasteiger partial charge in [0.15, 0.2) is 0 Å². The zero-order chi connectivity index (χ0) is 19.0. The third-order valence-electron chi connectivity index (χ3n) is 6.09. The van der Waals surface area contributed by atoms with Crippen LogP contribution in [0.2, 0.25) is 0 Å². The van der Waals surface area contributed by atoms with E-state index in [4.69, 9.17) is 0 Å². The largest absolute Gasteiger partial charge is 0.481 e. The smallest absolute Gasteiger partial charge is 0.307 e. The van der Waals surface area contributed by atoms with Crippen LogP contribution in [0.1, 0.15) is 36.0 Å². The highest BCUT2D eigenvalue weighted by Crippen LogP contribution is 2.48. The van der Waals surface area contributed by atoms with Crippen LogP contribution < -0.4 is 5.32 Å². The van der Waals surface area contributed by atoms with Crippen LogP contribution in [0.15, 0.2) is 36.4 Å². The summed E-state index contributed by atoms with van der Waals surface area (Å²) in [6, 6.07) is 6.88. The van der Waals surface area contributed by atoms with Crippen LogP contribution >= 0.6 is 0 Å². The molecule has 1 saturated heterocycles. The maximum atomic E-state index is 12.7. The fourth-order valence-corrected chi connectivity index (χ4v) is 4.72. The lowest BCUT2D eigenvalue weighted by Crippen LogP contribution is -2.36. The van der Waals surface area contributed by atoms with Crippen molar-refractivity contribution in [3.63, 3.8) is 0 Å².